The number of halogens is 2. The van der Waals surface area contributed by atoms with Gasteiger partial charge in [-0.2, -0.15) is 0 Å². The average Bonchev–Trinajstić information content (AvgIpc) is 2.97. The topological polar surface area (TPSA) is 59.9 Å². The molecule has 0 atom stereocenters. The van der Waals surface area contributed by atoms with Crippen LogP contribution in [0.25, 0.3) is 6.08 Å². The summed E-state index contributed by atoms with van der Waals surface area (Å²) in [5.41, 5.74) is 1.61. The summed E-state index contributed by atoms with van der Waals surface area (Å²) in [7, 11) is 3.15. The Labute approximate surface area is 177 Å². The average molecular weight is 545 g/mol. The number of hydrogen-bond acceptors (Lipinski definition) is 5. The number of rotatable bonds is 4. The first kappa shape index (κ1) is 19.2. The van der Waals surface area contributed by atoms with Crippen LogP contribution in [0, 0.1) is 3.57 Å². The molecular formula is C18H14BrIN2O3S. The molecular weight excluding hydrogens is 531 g/mol. The van der Waals surface area contributed by atoms with Crippen LogP contribution in [0.4, 0.5) is 5.69 Å². The van der Waals surface area contributed by atoms with E-state index in [4.69, 9.17) is 9.47 Å². The molecule has 0 aromatic heterocycles. The molecule has 1 saturated heterocycles. The number of thioether (sulfide) groups is 1. The highest BCUT2D eigenvalue weighted by Gasteiger charge is 2.24. The van der Waals surface area contributed by atoms with Crippen LogP contribution in [0.1, 0.15) is 5.56 Å². The summed E-state index contributed by atoms with van der Waals surface area (Å²) in [5, 5.41) is 3.35. The third-order valence-corrected chi connectivity index (χ3v) is 5.96. The Morgan fingerprint density at radius 3 is 2.54 bits per heavy atom. The molecule has 134 valence electrons. The van der Waals surface area contributed by atoms with E-state index < -0.39 is 0 Å². The third-order valence-electron chi connectivity index (χ3n) is 3.51. The molecule has 1 N–H and O–H groups in total. The van der Waals surface area contributed by atoms with Gasteiger partial charge in [0.25, 0.3) is 5.91 Å². The predicted octanol–water partition coefficient (Wildman–Crippen LogP) is 4.96. The molecule has 26 heavy (non-hydrogen) atoms. The number of methoxy groups -OCH3 is 2. The highest BCUT2D eigenvalue weighted by Crippen LogP contribution is 2.39. The van der Waals surface area contributed by atoms with Gasteiger partial charge in [0.05, 0.1) is 29.3 Å². The molecule has 0 radical (unpaired) electrons. The number of benzene rings is 2. The van der Waals surface area contributed by atoms with Crippen molar-refractivity contribution in [2.24, 2.45) is 4.99 Å². The molecule has 0 bridgehead atoms. The van der Waals surface area contributed by atoms with Crippen molar-refractivity contribution < 1.29 is 14.3 Å². The standard InChI is InChI=1S/C18H14BrIN2O3S/c1-24-13-8-3-10(15(19)16(13)25-2)9-14-17(23)22-18(26-14)21-12-6-4-11(20)5-7-12/h3-9H,1-2H3,(H,21,22,23)/b14-9+. The molecule has 3 rings (SSSR count). The van der Waals surface area contributed by atoms with Crippen LogP contribution in [-0.2, 0) is 4.79 Å². The lowest BCUT2D eigenvalue weighted by Gasteiger charge is -2.11. The molecule has 0 spiro atoms. The van der Waals surface area contributed by atoms with E-state index >= 15 is 0 Å². The summed E-state index contributed by atoms with van der Waals surface area (Å²) in [6, 6.07) is 11.4. The highest BCUT2D eigenvalue weighted by molar-refractivity contribution is 14.1. The number of aliphatic imine (C=N–C) groups is 1. The van der Waals surface area contributed by atoms with Crippen molar-refractivity contribution >= 4 is 73.1 Å². The first-order valence-electron chi connectivity index (χ1n) is 7.47. The summed E-state index contributed by atoms with van der Waals surface area (Å²) in [6.45, 7) is 0. The zero-order valence-electron chi connectivity index (χ0n) is 13.9. The number of ether oxygens (including phenoxy) is 2. The molecule has 0 aliphatic carbocycles. The smallest absolute Gasteiger partial charge is 0.264 e. The Hall–Kier alpha value is -1.52. The molecule has 1 aliphatic heterocycles. The van der Waals surface area contributed by atoms with Crippen molar-refractivity contribution in [1.29, 1.82) is 0 Å². The van der Waals surface area contributed by atoms with Crippen LogP contribution in [0.15, 0.2) is 50.8 Å². The van der Waals surface area contributed by atoms with Crippen LogP contribution < -0.4 is 14.8 Å². The van der Waals surface area contributed by atoms with Gasteiger partial charge < -0.3 is 14.8 Å². The van der Waals surface area contributed by atoms with Crippen LogP contribution in [0.3, 0.4) is 0 Å². The Kier molecular flexibility index (Phi) is 6.25. The Balaban J connectivity index is 1.88. The summed E-state index contributed by atoms with van der Waals surface area (Å²) >= 11 is 7.05. The van der Waals surface area contributed by atoms with Crippen molar-refractivity contribution in [1.82, 2.24) is 5.32 Å². The van der Waals surface area contributed by atoms with Gasteiger partial charge in [-0.1, -0.05) is 0 Å². The van der Waals surface area contributed by atoms with Gasteiger partial charge in [-0.25, -0.2) is 4.99 Å². The molecule has 0 saturated carbocycles. The van der Waals surface area contributed by atoms with Gasteiger partial charge in [0.15, 0.2) is 16.7 Å². The maximum absolute atomic E-state index is 12.3. The quantitative estimate of drug-likeness (QED) is 0.436. The number of carbonyl (C=O) groups is 1. The summed E-state index contributed by atoms with van der Waals surface area (Å²) in [6.07, 6.45) is 1.79. The number of nitrogens with zero attached hydrogens (tertiary/aromatic N) is 1. The first-order chi connectivity index (χ1) is 12.5. The van der Waals surface area contributed by atoms with E-state index in [0.717, 1.165) is 19.3 Å². The molecule has 2 aromatic rings. The minimum absolute atomic E-state index is 0.180. The second kappa shape index (κ2) is 8.45. The lowest BCUT2D eigenvalue weighted by atomic mass is 10.2. The molecule has 5 nitrogen and oxygen atoms in total. The molecule has 1 fully saturated rings. The fourth-order valence-electron chi connectivity index (χ4n) is 2.27. The molecule has 1 heterocycles. The van der Waals surface area contributed by atoms with Crippen molar-refractivity contribution in [2.75, 3.05) is 14.2 Å². The van der Waals surface area contributed by atoms with Crippen molar-refractivity contribution in [3.05, 3.63) is 54.9 Å². The van der Waals surface area contributed by atoms with E-state index in [1.54, 1.807) is 26.4 Å². The second-order valence-electron chi connectivity index (χ2n) is 5.16. The van der Waals surface area contributed by atoms with E-state index in [9.17, 15) is 4.79 Å². The van der Waals surface area contributed by atoms with Crippen LogP contribution >= 0.6 is 50.3 Å². The monoisotopic (exact) mass is 544 g/mol. The van der Waals surface area contributed by atoms with Crippen molar-refractivity contribution in [2.45, 2.75) is 0 Å². The second-order valence-corrected chi connectivity index (χ2v) is 8.23. The molecule has 1 aliphatic rings. The van der Waals surface area contributed by atoms with Gasteiger partial charge in [0.1, 0.15) is 0 Å². The predicted molar refractivity (Wildman–Crippen MR) is 117 cm³/mol. The molecule has 0 unspecified atom stereocenters. The largest absolute Gasteiger partial charge is 0.493 e. The lowest BCUT2D eigenvalue weighted by Crippen LogP contribution is -2.19. The van der Waals surface area contributed by atoms with E-state index in [0.29, 0.717) is 21.6 Å². The van der Waals surface area contributed by atoms with E-state index in [2.05, 4.69) is 48.8 Å². The Morgan fingerprint density at radius 1 is 1.15 bits per heavy atom. The minimum atomic E-state index is -0.180. The number of hydrogen-bond donors (Lipinski definition) is 1. The Bertz CT molecular complexity index is 913. The van der Waals surface area contributed by atoms with E-state index in [1.165, 1.54) is 11.8 Å². The molecule has 1 amide bonds. The van der Waals surface area contributed by atoms with Gasteiger partial charge in [0.2, 0.25) is 0 Å². The molecule has 8 heteroatoms. The van der Waals surface area contributed by atoms with Gasteiger partial charge in [0, 0.05) is 3.57 Å². The lowest BCUT2D eigenvalue weighted by molar-refractivity contribution is -0.115. The minimum Gasteiger partial charge on any atom is -0.493 e. The van der Waals surface area contributed by atoms with E-state index in [-0.39, 0.29) is 5.91 Å². The number of carbonyl (C=O) groups excluding carboxylic acids is 1. The zero-order chi connectivity index (χ0) is 18.7. The fraction of sp³-hybridized carbons (Fsp3) is 0.111. The number of nitrogens with one attached hydrogen (secondary N) is 1. The van der Waals surface area contributed by atoms with Gasteiger partial charge >= 0.3 is 0 Å². The van der Waals surface area contributed by atoms with Gasteiger partial charge in [-0.05, 0) is 98.3 Å². The fourth-order valence-corrected chi connectivity index (χ4v) is 4.07. The SMILES string of the molecule is COc1ccc(/C=C2/SC(=Nc3ccc(I)cc3)NC2=O)c(Br)c1OC. The zero-order valence-corrected chi connectivity index (χ0v) is 18.4. The van der Waals surface area contributed by atoms with Crippen molar-refractivity contribution in [3.63, 3.8) is 0 Å². The third kappa shape index (κ3) is 4.24. The van der Waals surface area contributed by atoms with Crippen LogP contribution in [-0.4, -0.2) is 25.3 Å². The van der Waals surface area contributed by atoms with Crippen LogP contribution in [0.5, 0.6) is 11.5 Å². The van der Waals surface area contributed by atoms with Gasteiger partial charge in [-0.3, -0.25) is 4.79 Å². The number of amidine groups is 1. The van der Waals surface area contributed by atoms with Gasteiger partial charge in [-0.15, -0.1) is 0 Å². The Morgan fingerprint density at radius 2 is 1.88 bits per heavy atom. The summed E-state index contributed by atoms with van der Waals surface area (Å²) < 4.78 is 12.5. The summed E-state index contributed by atoms with van der Waals surface area (Å²) in [5.74, 6) is 1.02. The number of amides is 1. The highest BCUT2D eigenvalue weighted by atomic mass is 127. The summed E-state index contributed by atoms with van der Waals surface area (Å²) in [4.78, 5) is 17.3. The first-order valence-corrected chi connectivity index (χ1v) is 10.2. The maximum Gasteiger partial charge on any atom is 0.264 e. The molecule has 2 aromatic carbocycles. The van der Waals surface area contributed by atoms with Crippen LogP contribution in [0.2, 0.25) is 0 Å². The van der Waals surface area contributed by atoms with E-state index in [1.807, 2.05) is 30.3 Å². The normalized spacial score (nSPS) is 16.8. The maximum atomic E-state index is 12.3. The van der Waals surface area contributed by atoms with Crippen molar-refractivity contribution in [3.8, 4) is 11.5 Å².